The highest BCUT2D eigenvalue weighted by atomic mass is 28.3. The van der Waals surface area contributed by atoms with Gasteiger partial charge in [-0.1, -0.05) is 87.8 Å². The summed E-state index contributed by atoms with van der Waals surface area (Å²) in [4.78, 5) is 64.7. The smallest absolute Gasteiger partial charge is 0.257 e. The number of hydrogen-bond donors (Lipinski definition) is 1. The quantitative estimate of drug-likeness (QED) is 0.0532. The van der Waals surface area contributed by atoms with Crippen LogP contribution in [0.4, 0.5) is 11.4 Å². The molecule has 0 unspecified atom stereocenters. The van der Waals surface area contributed by atoms with Crippen LogP contribution in [0.5, 0.6) is 23.0 Å². The predicted octanol–water partition coefficient (Wildman–Crippen LogP) is 7.55. The van der Waals surface area contributed by atoms with Gasteiger partial charge in [-0.05, 0) is 53.5 Å². The Hall–Kier alpha value is -5.73. The summed E-state index contributed by atoms with van der Waals surface area (Å²) in [5.74, 6) is 0.426. The highest BCUT2D eigenvalue weighted by Crippen LogP contribution is 2.42. The normalized spacial score (nSPS) is 17.8. The summed E-state index contributed by atoms with van der Waals surface area (Å²) in [5.41, 5.74) is 5.56. The van der Waals surface area contributed by atoms with Crippen LogP contribution in [0.1, 0.15) is 49.4 Å². The highest BCUT2D eigenvalue weighted by molar-refractivity contribution is 6.76. The average molecular weight is 978 g/mol. The van der Waals surface area contributed by atoms with Gasteiger partial charge in [0.2, 0.25) is 0 Å². The van der Waals surface area contributed by atoms with E-state index in [0.717, 1.165) is 34.3 Å². The molecule has 2 atom stereocenters. The first-order valence-electron chi connectivity index (χ1n) is 24.0. The maximum Gasteiger partial charge on any atom is 0.257 e. The number of amides is 4. The van der Waals surface area contributed by atoms with E-state index in [9.17, 15) is 19.2 Å². The number of methoxy groups -OCH3 is 1. The van der Waals surface area contributed by atoms with Gasteiger partial charge in [0, 0.05) is 73.8 Å². The van der Waals surface area contributed by atoms with Gasteiger partial charge in [-0.15, -0.1) is 0 Å². The third-order valence-electron chi connectivity index (χ3n) is 13.1. The van der Waals surface area contributed by atoms with Crippen molar-refractivity contribution in [3.05, 3.63) is 106 Å². The molecule has 1 N–H and O–H groups in total. The van der Waals surface area contributed by atoms with Crippen molar-refractivity contribution in [3.63, 3.8) is 0 Å². The average Bonchev–Trinajstić information content (AvgIpc) is 3.45. The van der Waals surface area contributed by atoms with Crippen LogP contribution in [0.3, 0.4) is 0 Å². The lowest BCUT2D eigenvalue weighted by molar-refractivity contribution is -0.125. The Kier molecular flexibility index (Phi) is 15.2. The van der Waals surface area contributed by atoms with Crippen molar-refractivity contribution >= 4 is 51.2 Å². The van der Waals surface area contributed by atoms with Crippen molar-refractivity contribution in [1.29, 1.82) is 0 Å². The van der Waals surface area contributed by atoms with E-state index >= 15 is 0 Å². The van der Waals surface area contributed by atoms with Crippen LogP contribution in [-0.4, -0.2) is 122 Å². The molecule has 0 aliphatic carbocycles. The monoisotopic (exact) mass is 977 g/mol. The Morgan fingerprint density at radius 3 is 1.42 bits per heavy atom. The Morgan fingerprint density at radius 2 is 0.986 bits per heavy atom. The summed E-state index contributed by atoms with van der Waals surface area (Å²) in [7, 11) is 0.425. The molecule has 4 aliphatic heterocycles. The largest absolute Gasteiger partial charge is 0.493 e. The van der Waals surface area contributed by atoms with Crippen LogP contribution in [0, 0.1) is 0 Å². The van der Waals surface area contributed by atoms with Gasteiger partial charge < -0.3 is 38.2 Å². The molecule has 4 aromatic carbocycles. The van der Waals surface area contributed by atoms with E-state index in [1.54, 1.807) is 50.9 Å². The van der Waals surface area contributed by atoms with Crippen molar-refractivity contribution in [2.24, 2.45) is 0 Å². The van der Waals surface area contributed by atoms with Gasteiger partial charge in [-0.25, -0.2) is 0 Å². The van der Waals surface area contributed by atoms with Crippen molar-refractivity contribution < 1.29 is 47.6 Å². The third-order valence-corrected chi connectivity index (χ3v) is 16.5. The maximum atomic E-state index is 14.6. The number of anilines is 2. The highest BCUT2D eigenvalue weighted by Gasteiger charge is 2.45. The fourth-order valence-corrected chi connectivity index (χ4v) is 10.6. The van der Waals surface area contributed by atoms with E-state index in [-0.39, 0.29) is 57.0 Å². The fourth-order valence-electron chi connectivity index (χ4n) is 9.11. The molecule has 0 bridgehead atoms. The number of rotatable bonds is 20. The molecule has 69 heavy (non-hydrogen) atoms. The predicted molar refractivity (Wildman–Crippen MR) is 270 cm³/mol. The van der Waals surface area contributed by atoms with E-state index < -0.39 is 28.2 Å². The van der Waals surface area contributed by atoms with E-state index in [1.165, 1.54) is 7.11 Å². The molecular weight excluding hydrogens is 911 g/mol. The molecule has 4 aliphatic rings. The standard InChI is InChI=1S/C52H67N5O10Si2/c1-53-32-67-46-27-40-42(57(34-64-21-23-69(6,7)8)52(61)44-25-36-15-10-12-17-38(36)31-55(44)50(40)59)29-48(46)66-19-13-18-65-47-28-41-39(26-45(47)62-2)49(58)54-30-37-16-11-9-14-35(37)24-43(54)51(60)56(41)33-63-20-22-68(3,4)5/h9-12,14-17,26-29,43-44,53H,13,18-25,30-34H2,1-8H3/t43-,44-/m0/s1. The van der Waals surface area contributed by atoms with Gasteiger partial charge in [0.1, 0.15) is 32.3 Å². The number of nitrogens with zero attached hydrogens (tertiary/aromatic N) is 4. The number of ether oxygens (including phenoxy) is 6. The molecule has 15 nitrogen and oxygen atoms in total. The van der Waals surface area contributed by atoms with Crippen LogP contribution < -0.4 is 34.1 Å². The van der Waals surface area contributed by atoms with Crippen LogP contribution >= 0.6 is 0 Å². The van der Waals surface area contributed by atoms with Gasteiger partial charge in [0.05, 0.1) is 42.8 Å². The Bertz CT molecular complexity index is 2560. The molecule has 0 saturated carbocycles. The zero-order chi connectivity index (χ0) is 49.0. The molecule has 4 heterocycles. The molecule has 0 radical (unpaired) electrons. The van der Waals surface area contributed by atoms with Crippen LogP contribution in [0.15, 0.2) is 72.8 Å². The molecule has 0 fully saturated rings. The second kappa shape index (κ2) is 21.1. The van der Waals surface area contributed by atoms with Crippen molar-refractivity contribution in [2.75, 3.05) is 70.6 Å². The molecule has 0 spiro atoms. The van der Waals surface area contributed by atoms with Crippen LogP contribution in [-0.2, 0) is 45.0 Å². The summed E-state index contributed by atoms with van der Waals surface area (Å²) in [5, 5.41) is 3.00. The molecule has 0 saturated heterocycles. The van der Waals surface area contributed by atoms with E-state index in [0.29, 0.717) is 91.1 Å². The fraction of sp³-hybridized carbons (Fsp3) is 0.462. The summed E-state index contributed by atoms with van der Waals surface area (Å²) in [6.45, 7) is 15.7. The Balaban J connectivity index is 1.03. The van der Waals surface area contributed by atoms with Gasteiger partial charge in [-0.3, -0.25) is 34.3 Å². The minimum absolute atomic E-state index is 0.0144. The van der Waals surface area contributed by atoms with Crippen LogP contribution in [0.2, 0.25) is 51.4 Å². The molecule has 0 aromatic heterocycles. The lowest BCUT2D eigenvalue weighted by Gasteiger charge is -2.35. The van der Waals surface area contributed by atoms with Crippen LogP contribution in [0.25, 0.3) is 0 Å². The zero-order valence-corrected chi connectivity index (χ0v) is 43.4. The molecule has 4 aromatic rings. The molecule has 17 heteroatoms. The van der Waals surface area contributed by atoms with Crippen molar-refractivity contribution in [2.45, 2.75) is 95.8 Å². The summed E-state index contributed by atoms with van der Waals surface area (Å²) < 4.78 is 37.2. The summed E-state index contributed by atoms with van der Waals surface area (Å²) in [6, 6.07) is 23.0. The SMILES string of the molecule is CNCOc1cc2c(cc1OCCCOc1cc3c(cc1OC)C(=O)N1Cc4ccccc4C[C@H]1C(=O)N3COCC[Si](C)(C)C)N(COCC[Si](C)(C)C)C(=O)[C@@H]1Cc3ccccc3CN1C2=O. The van der Waals surface area contributed by atoms with Gasteiger partial charge in [0.25, 0.3) is 23.6 Å². The molecular formula is C52H67N5O10Si2. The minimum Gasteiger partial charge on any atom is -0.493 e. The molecule has 4 amide bonds. The minimum atomic E-state index is -1.43. The lowest BCUT2D eigenvalue weighted by Crippen LogP contribution is -2.51. The van der Waals surface area contributed by atoms with Gasteiger partial charge in [-0.2, -0.15) is 0 Å². The zero-order valence-electron chi connectivity index (χ0n) is 41.4. The first-order valence-corrected chi connectivity index (χ1v) is 31.4. The topological polar surface area (TPSA) is 149 Å². The van der Waals surface area contributed by atoms with E-state index in [2.05, 4.69) is 44.6 Å². The first-order chi connectivity index (χ1) is 33.0. The lowest BCUT2D eigenvalue weighted by atomic mass is 9.93. The maximum absolute atomic E-state index is 14.6. The van der Waals surface area contributed by atoms with Gasteiger partial charge >= 0.3 is 0 Å². The number of carbonyl (C=O) groups is 4. The summed E-state index contributed by atoms with van der Waals surface area (Å²) >= 11 is 0. The van der Waals surface area contributed by atoms with Gasteiger partial charge in [0.15, 0.2) is 23.0 Å². The number of hydrogen-bond acceptors (Lipinski definition) is 11. The Labute approximate surface area is 407 Å². The number of fused-ring (bicyclic) bond motifs is 6. The Morgan fingerprint density at radius 1 is 0.565 bits per heavy atom. The number of nitrogens with one attached hydrogen (secondary N) is 1. The molecule has 368 valence electrons. The first kappa shape index (κ1) is 49.7. The molecule has 8 rings (SSSR count). The third kappa shape index (κ3) is 11.2. The van der Waals surface area contributed by atoms with E-state index in [4.69, 9.17) is 28.4 Å². The van der Waals surface area contributed by atoms with E-state index in [1.807, 2.05) is 48.5 Å². The number of carbonyl (C=O) groups excluding carboxylic acids is 4. The van der Waals surface area contributed by atoms with Crippen molar-refractivity contribution in [3.8, 4) is 23.0 Å². The van der Waals surface area contributed by atoms with Crippen molar-refractivity contribution in [1.82, 2.24) is 15.1 Å². The second-order valence-corrected chi connectivity index (χ2v) is 31.8. The summed E-state index contributed by atoms with van der Waals surface area (Å²) in [6.07, 6.45) is 1.19. The second-order valence-electron chi connectivity index (χ2n) is 20.6. The number of benzene rings is 4.